The monoisotopic (exact) mass is 350 g/mol. The van der Waals surface area contributed by atoms with Gasteiger partial charge in [-0.3, -0.25) is 0 Å². The fraction of sp³-hybridized carbons (Fsp3) is 0.286. The van der Waals surface area contributed by atoms with Gasteiger partial charge in [-0.15, -0.1) is 0 Å². The Morgan fingerprint density at radius 1 is 0.923 bits per heavy atom. The first-order valence-corrected chi connectivity index (χ1v) is 8.88. The summed E-state index contributed by atoms with van der Waals surface area (Å²) in [5.74, 6) is 0.198. The molecule has 0 spiro atoms. The third-order valence-corrected chi connectivity index (χ3v) is 4.78. The smallest absolute Gasteiger partial charge is 0.319 e. The molecule has 0 radical (unpaired) electrons. The van der Waals surface area contributed by atoms with E-state index >= 15 is 0 Å². The predicted octanol–water partition coefficient (Wildman–Crippen LogP) is 3.30. The molecule has 5 heteroatoms. The summed E-state index contributed by atoms with van der Waals surface area (Å²) < 4.78 is 11.8. The molecule has 2 fully saturated rings. The number of carbonyl (C=O) groups excluding carboxylic acids is 1. The Kier molecular flexibility index (Phi) is 5.00. The van der Waals surface area contributed by atoms with Crippen LogP contribution in [0.15, 0.2) is 66.7 Å². The SMILES string of the molecule is O=C(Nc1ccccc1)N[C@H]1COC2[C@H](/C=C\c3ccccc3)CO[C@@H]21. The van der Waals surface area contributed by atoms with Crippen molar-refractivity contribution in [2.75, 3.05) is 18.5 Å². The highest BCUT2D eigenvalue weighted by atomic mass is 16.6. The van der Waals surface area contributed by atoms with Crippen molar-refractivity contribution in [2.45, 2.75) is 18.2 Å². The molecule has 0 saturated carbocycles. The summed E-state index contributed by atoms with van der Waals surface area (Å²) in [7, 11) is 0. The second-order valence-electron chi connectivity index (χ2n) is 6.60. The lowest BCUT2D eigenvalue weighted by Gasteiger charge is -2.18. The molecular weight excluding hydrogens is 328 g/mol. The highest BCUT2D eigenvalue weighted by molar-refractivity contribution is 5.89. The summed E-state index contributed by atoms with van der Waals surface area (Å²) in [6.45, 7) is 1.07. The minimum absolute atomic E-state index is 0.0167. The highest BCUT2D eigenvalue weighted by Gasteiger charge is 2.47. The lowest BCUT2D eigenvalue weighted by Crippen LogP contribution is -2.45. The van der Waals surface area contributed by atoms with Crippen LogP contribution in [0, 0.1) is 5.92 Å². The Hall–Kier alpha value is -2.63. The van der Waals surface area contributed by atoms with Gasteiger partial charge in [0, 0.05) is 11.6 Å². The number of benzene rings is 2. The molecule has 0 aliphatic carbocycles. The molecule has 4 atom stereocenters. The molecule has 2 aromatic carbocycles. The van der Waals surface area contributed by atoms with Gasteiger partial charge in [0.1, 0.15) is 6.10 Å². The van der Waals surface area contributed by atoms with Crippen LogP contribution in [-0.4, -0.2) is 37.5 Å². The number of urea groups is 1. The standard InChI is InChI=1S/C21H22N2O3/c24-21(22-17-9-5-2-6-10-17)23-18-14-26-19-16(13-25-20(18)19)12-11-15-7-3-1-4-8-15/h1-12,16,18-20H,13-14H2,(H2,22,23,24)/b12-11-/t16-,18+,19?,20-/m1/s1. The second-order valence-corrected chi connectivity index (χ2v) is 6.60. The van der Waals surface area contributed by atoms with Crippen molar-refractivity contribution in [1.29, 1.82) is 0 Å². The Bertz CT molecular complexity index is 763. The van der Waals surface area contributed by atoms with E-state index in [1.165, 1.54) is 0 Å². The van der Waals surface area contributed by atoms with Crippen molar-refractivity contribution in [3.05, 3.63) is 72.3 Å². The van der Waals surface area contributed by atoms with Crippen LogP contribution in [0.25, 0.3) is 6.08 Å². The molecule has 134 valence electrons. The molecule has 2 saturated heterocycles. The van der Waals surface area contributed by atoms with Gasteiger partial charge in [0.2, 0.25) is 0 Å². The Morgan fingerprint density at radius 2 is 1.62 bits per heavy atom. The van der Waals surface area contributed by atoms with E-state index in [1.54, 1.807) is 0 Å². The number of anilines is 1. The van der Waals surface area contributed by atoms with Gasteiger partial charge in [-0.2, -0.15) is 0 Å². The van der Waals surface area contributed by atoms with E-state index in [1.807, 2.05) is 48.5 Å². The topological polar surface area (TPSA) is 59.6 Å². The van der Waals surface area contributed by atoms with Crippen LogP contribution in [0.5, 0.6) is 0 Å². The first-order chi connectivity index (χ1) is 12.8. The zero-order chi connectivity index (χ0) is 17.8. The molecule has 2 heterocycles. The number of hydrogen-bond donors (Lipinski definition) is 2. The molecule has 2 aliphatic rings. The van der Waals surface area contributed by atoms with Crippen LogP contribution in [0.4, 0.5) is 10.5 Å². The van der Waals surface area contributed by atoms with Gasteiger partial charge >= 0.3 is 6.03 Å². The van der Waals surface area contributed by atoms with Crippen LogP contribution in [-0.2, 0) is 9.47 Å². The molecule has 2 N–H and O–H groups in total. The molecule has 2 amide bonds. The number of rotatable bonds is 4. The van der Waals surface area contributed by atoms with Gasteiger partial charge in [-0.05, 0) is 17.7 Å². The zero-order valence-corrected chi connectivity index (χ0v) is 14.4. The van der Waals surface area contributed by atoms with Gasteiger partial charge in [-0.25, -0.2) is 4.79 Å². The number of ether oxygens (including phenoxy) is 2. The Morgan fingerprint density at radius 3 is 2.38 bits per heavy atom. The van der Waals surface area contributed by atoms with Crippen molar-refractivity contribution < 1.29 is 14.3 Å². The van der Waals surface area contributed by atoms with Crippen LogP contribution in [0.1, 0.15) is 5.56 Å². The molecule has 0 aromatic heterocycles. The maximum Gasteiger partial charge on any atom is 0.319 e. The van der Waals surface area contributed by atoms with E-state index in [4.69, 9.17) is 9.47 Å². The number of carbonyl (C=O) groups is 1. The van der Waals surface area contributed by atoms with Crippen LogP contribution < -0.4 is 10.6 Å². The summed E-state index contributed by atoms with van der Waals surface area (Å²) in [4.78, 5) is 12.2. The summed E-state index contributed by atoms with van der Waals surface area (Å²) in [6, 6.07) is 19.2. The van der Waals surface area contributed by atoms with Crippen molar-refractivity contribution in [2.24, 2.45) is 5.92 Å². The largest absolute Gasteiger partial charge is 0.373 e. The van der Waals surface area contributed by atoms with Gasteiger partial charge in [-0.1, -0.05) is 60.7 Å². The maximum atomic E-state index is 12.2. The Balaban J connectivity index is 1.33. The molecule has 5 nitrogen and oxygen atoms in total. The van der Waals surface area contributed by atoms with Crippen LogP contribution in [0.2, 0.25) is 0 Å². The lowest BCUT2D eigenvalue weighted by atomic mass is 9.99. The summed E-state index contributed by atoms with van der Waals surface area (Å²) in [6.07, 6.45) is 4.12. The summed E-state index contributed by atoms with van der Waals surface area (Å²) in [5.41, 5.74) is 1.92. The van der Waals surface area contributed by atoms with Gasteiger partial charge in [0.05, 0.1) is 25.4 Å². The van der Waals surface area contributed by atoms with Crippen LogP contribution in [0.3, 0.4) is 0 Å². The van der Waals surface area contributed by atoms with Crippen molar-refractivity contribution in [1.82, 2.24) is 5.32 Å². The molecular formula is C21H22N2O3. The fourth-order valence-electron chi connectivity index (χ4n) is 3.47. The third-order valence-electron chi connectivity index (χ3n) is 4.78. The van der Waals surface area contributed by atoms with E-state index in [2.05, 4.69) is 34.9 Å². The minimum Gasteiger partial charge on any atom is -0.373 e. The van der Waals surface area contributed by atoms with Gasteiger partial charge in [0.25, 0.3) is 0 Å². The number of fused-ring (bicyclic) bond motifs is 1. The zero-order valence-electron chi connectivity index (χ0n) is 14.4. The minimum atomic E-state index is -0.239. The lowest BCUT2D eigenvalue weighted by molar-refractivity contribution is 0.0662. The van der Waals surface area contributed by atoms with E-state index in [-0.39, 0.29) is 30.2 Å². The van der Waals surface area contributed by atoms with Gasteiger partial charge < -0.3 is 20.1 Å². The first kappa shape index (κ1) is 16.8. The van der Waals surface area contributed by atoms with Gasteiger partial charge in [0.15, 0.2) is 0 Å². The number of amides is 2. The third kappa shape index (κ3) is 3.79. The number of para-hydroxylation sites is 1. The van der Waals surface area contributed by atoms with E-state index in [0.717, 1.165) is 11.3 Å². The number of hydrogen-bond acceptors (Lipinski definition) is 3. The van der Waals surface area contributed by atoms with E-state index < -0.39 is 0 Å². The molecule has 0 bridgehead atoms. The molecule has 2 aliphatic heterocycles. The quantitative estimate of drug-likeness (QED) is 0.889. The van der Waals surface area contributed by atoms with E-state index in [0.29, 0.717) is 13.2 Å². The maximum absolute atomic E-state index is 12.2. The predicted molar refractivity (Wildman–Crippen MR) is 101 cm³/mol. The van der Waals surface area contributed by atoms with Crippen LogP contribution >= 0.6 is 0 Å². The summed E-state index contributed by atoms with van der Waals surface area (Å²) in [5, 5.41) is 5.80. The van der Waals surface area contributed by atoms with Crippen molar-refractivity contribution >= 4 is 17.8 Å². The Labute approximate surface area is 153 Å². The first-order valence-electron chi connectivity index (χ1n) is 8.88. The molecule has 26 heavy (non-hydrogen) atoms. The van der Waals surface area contributed by atoms with Crippen molar-refractivity contribution in [3.8, 4) is 0 Å². The molecule has 4 rings (SSSR count). The fourth-order valence-corrected chi connectivity index (χ4v) is 3.47. The normalized spacial score (nSPS) is 27.4. The average molecular weight is 350 g/mol. The van der Waals surface area contributed by atoms with E-state index in [9.17, 15) is 4.79 Å². The number of nitrogens with one attached hydrogen (secondary N) is 2. The summed E-state index contributed by atoms with van der Waals surface area (Å²) >= 11 is 0. The molecule has 1 unspecified atom stereocenters. The average Bonchev–Trinajstić information content (AvgIpc) is 3.25. The highest BCUT2D eigenvalue weighted by Crippen LogP contribution is 2.32. The molecule has 2 aromatic rings. The van der Waals surface area contributed by atoms with Crippen molar-refractivity contribution in [3.63, 3.8) is 0 Å². The second kappa shape index (κ2) is 7.72.